The molecule has 2 aromatic rings. The fourth-order valence-electron chi connectivity index (χ4n) is 5.33. The van der Waals surface area contributed by atoms with Gasteiger partial charge in [-0.15, -0.1) is 0 Å². The Morgan fingerprint density at radius 3 is 2.71 bits per heavy atom. The SMILES string of the molecule is CCN1CCC(Cc2cc(F)ccc2S(=O)(=O)Nc2ccc3c(c2C(=O)O)OC[C@@H]2C[C@H]32)CC1. The molecule has 0 radical (unpaired) electrons. The number of halogens is 1. The molecule has 2 aromatic carbocycles. The molecule has 3 aliphatic rings. The molecule has 34 heavy (non-hydrogen) atoms. The summed E-state index contributed by atoms with van der Waals surface area (Å²) >= 11 is 0. The lowest BCUT2D eigenvalue weighted by molar-refractivity contribution is 0.0692. The van der Waals surface area contributed by atoms with Crippen molar-refractivity contribution in [1.82, 2.24) is 4.90 Å². The normalized spacial score (nSPS) is 22.4. The Labute approximate surface area is 199 Å². The van der Waals surface area contributed by atoms with E-state index in [1.54, 1.807) is 6.07 Å². The Balaban J connectivity index is 1.44. The maximum absolute atomic E-state index is 14.1. The van der Waals surface area contributed by atoms with Gasteiger partial charge in [0.2, 0.25) is 0 Å². The number of fused-ring (bicyclic) bond motifs is 3. The van der Waals surface area contributed by atoms with Crippen molar-refractivity contribution in [2.75, 3.05) is 31.0 Å². The Kier molecular flexibility index (Phi) is 6.02. The van der Waals surface area contributed by atoms with Crippen LogP contribution >= 0.6 is 0 Å². The number of likely N-dealkylation sites (tertiary alicyclic amines) is 1. The lowest BCUT2D eigenvalue weighted by Crippen LogP contribution is -2.34. The highest BCUT2D eigenvalue weighted by molar-refractivity contribution is 7.92. The largest absolute Gasteiger partial charge is 0.492 e. The van der Waals surface area contributed by atoms with Gasteiger partial charge in [-0.1, -0.05) is 13.0 Å². The molecule has 2 aliphatic heterocycles. The van der Waals surface area contributed by atoms with Crippen molar-refractivity contribution in [3.05, 3.63) is 52.8 Å². The third kappa shape index (κ3) is 4.38. The van der Waals surface area contributed by atoms with Crippen LogP contribution in [-0.2, 0) is 16.4 Å². The summed E-state index contributed by atoms with van der Waals surface area (Å²) in [6, 6.07) is 6.91. The van der Waals surface area contributed by atoms with E-state index in [4.69, 9.17) is 4.74 Å². The van der Waals surface area contributed by atoms with Crippen LogP contribution in [0.2, 0.25) is 0 Å². The van der Waals surface area contributed by atoms with Crippen LogP contribution in [0.4, 0.5) is 10.1 Å². The number of nitrogens with one attached hydrogen (secondary N) is 1. The highest BCUT2D eigenvalue weighted by Crippen LogP contribution is 2.55. The molecule has 0 unspecified atom stereocenters. The van der Waals surface area contributed by atoms with E-state index < -0.39 is 21.8 Å². The minimum absolute atomic E-state index is 0.0240. The fraction of sp³-hybridized carbons (Fsp3) is 0.480. The third-order valence-electron chi connectivity index (χ3n) is 7.39. The van der Waals surface area contributed by atoms with Gasteiger partial charge in [-0.3, -0.25) is 4.72 Å². The highest BCUT2D eigenvalue weighted by atomic mass is 32.2. The maximum Gasteiger partial charge on any atom is 0.341 e. The van der Waals surface area contributed by atoms with E-state index >= 15 is 0 Å². The molecule has 182 valence electrons. The second-order valence-electron chi connectivity index (χ2n) is 9.56. The summed E-state index contributed by atoms with van der Waals surface area (Å²) in [6.45, 7) is 5.41. The van der Waals surface area contributed by atoms with Gasteiger partial charge in [-0.05, 0) is 92.5 Å². The first-order chi connectivity index (χ1) is 16.3. The quantitative estimate of drug-likeness (QED) is 0.609. The zero-order chi connectivity index (χ0) is 24.0. The molecule has 5 rings (SSSR count). The molecule has 0 aromatic heterocycles. The summed E-state index contributed by atoms with van der Waals surface area (Å²) in [5.41, 5.74) is 1.01. The first-order valence-electron chi connectivity index (χ1n) is 11.8. The Morgan fingerprint density at radius 1 is 1.24 bits per heavy atom. The maximum atomic E-state index is 14.1. The number of hydrogen-bond donors (Lipinski definition) is 2. The lowest BCUT2D eigenvalue weighted by atomic mass is 9.90. The van der Waals surface area contributed by atoms with Crippen LogP contribution in [0, 0.1) is 17.7 Å². The van der Waals surface area contributed by atoms with E-state index in [2.05, 4.69) is 16.5 Å². The number of aromatic carboxylic acids is 1. The molecule has 1 saturated carbocycles. The molecule has 2 heterocycles. The van der Waals surface area contributed by atoms with Crippen LogP contribution < -0.4 is 9.46 Å². The molecule has 0 bridgehead atoms. The zero-order valence-corrected chi connectivity index (χ0v) is 19.9. The van der Waals surface area contributed by atoms with Gasteiger partial charge in [0, 0.05) is 5.92 Å². The van der Waals surface area contributed by atoms with Crippen molar-refractivity contribution < 1.29 is 27.4 Å². The number of carbonyl (C=O) groups is 1. The molecule has 0 spiro atoms. The number of ether oxygens (including phenoxy) is 1. The van der Waals surface area contributed by atoms with Gasteiger partial charge in [0.25, 0.3) is 10.0 Å². The van der Waals surface area contributed by atoms with Crippen LogP contribution in [-0.4, -0.2) is 50.6 Å². The lowest BCUT2D eigenvalue weighted by Gasteiger charge is -2.31. The summed E-state index contributed by atoms with van der Waals surface area (Å²) < 4.78 is 49.1. The number of rotatable bonds is 7. The van der Waals surface area contributed by atoms with Gasteiger partial charge >= 0.3 is 5.97 Å². The molecule has 2 atom stereocenters. The Hall–Kier alpha value is -2.65. The number of benzene rings is 2. The molecular weight excluding hydrogens is 459 g/mol. The molecule has 2 fully saturated rings. The van der Waals surface area contributed by atoms with E-state index in [1.165, 1.54) is 18.2 Å². The Bertz CT molecular complexity index is 1220. The standard InChI is InChI=1S/C25H29FN2O5S/c1-2-28-9-7-15(8-10-28)11-16-12-18(26)3-6-22(16)34(31,32)27-21-5-4-19-20-13-17(20)14-33-24(19)23(21)25(29)30/h3-6,12,15,17,20,27H,2,7-11,13-14H2,1H3,(H,29,30)/t17-,20-/m0/s1. The molecule has 9 heteroatoms. The van der Waals surface area contributed by atoms with Gasteiger partial charge in [-0.2, -0.15) is 0 Å². The van der Waals surface area contributed by atoms with Crippen molar-refractivity contribution in [2.24, 2.45) is 11.8 Å². The number of sulfonamides is 1. The van der Waals surface area contributed by atoms with Crippen molar-refractivity contribution in [1.29, 1.82) is 0 Å². The number of hydrogen-bond acceptors (Lipinski definition) is 5. The number of nitrogens with zero attached hydrogens (tertiary/aromatic N) is 1. The molecule has 2 N–H and O–H groups in total. The smallest absolute Gasteiger partial charge is 0.341 e. The van der Waals surface area contributed by atoms with Crippen LogP contribution in [0.5, 0.6) is 5.75 Å². The topological polar surface area (TPSA) is 95.9 Å². The number of anilines is 1. The van der Waals surface area contributed by atoms with Gasteiger partial charge in [0.15, 0.2) is 0 Å². The van der Waals surface area contributed by atoms with E-state index in [9.17, 15) is 22.7 Å². The monoisotopic (exact) mass is 488 g/mol. The van der Waals surface area contributed by atoms with Crippen molar-refractivity contribution in [3.8, 4) is 5.75 Å². The number of piperidine rings is 1. The summed E-state index contributed by atoms with van der Waals surface area (Å²) in [5.74, 6) is -0.564. The predicted octanol–water partition coefficient (Wildman–Crippen LogP) is 4.10. The van der Waals surface area contributed by atoms with Crippen molar-refractivity contribution >= 4 is 21.7 Å². The minimum Gasteiger partial charge on any atom is -0.492 e. The van der Waals surface area contributed by atoms with Crippen molar-refractivity contribution in [2.45, 2.75) is 43.4 Å². The third-order valence-corrected chi connectivity index (χ3v) is 8.85. The average Bonchev–Trinajstić information content (AvgIpc) is 3.59. The van der Waals surface area contributed by atoms with E-state index in [0.29, 0.717) is 24.5 Å². The Morgan fingerprint density at radius 2 is 2.00 bits per heavy atom. The van der Waals surface area contributed by atoms with E-state index in [0.717, 1.165) is 50.5 Å². The second kappa shape index (κ2) is 8.85. The van der Waals surface area contributed by atoms with Crippen molar-refractivity contribution in [3.63, 3.8) is 0 Å². The van der Waals surface area contributed by atoms with E-state index in [-0.39, 0.29) is 33.7 Å². The predicted molar refractivity (Wildman–Crippen MR) is 125 cm³/mol. The number of carboxylic acids is 1. The molecule has 1 aliphatic carbocycles. The highest BCUT2D eigenvalue weighted by Gasteiger charge is 2.45. The molecular formula is C25H29FN2O5S. The summed E-state index contributed by atoms with van der Waals surface area (Å²) in [6.07, 6.45) is 3.25. The minimum atomic E-state index is -4.16. The van der Waals surface area contributed by atoms with Crippen LogP contribution in [0.1, 0.15) is 53.6 Å². The summed E-state index contributed by atoms with van der Waals surface area (Å²) in [7, 11) is -4.16. The fourth-order valence-corrected chi connectivity index (χ4v) is 6.64. The molecule has 0 amide bonds. The second-order valence-corrected chi connectivity index (χ2v) is 11.2. The van der Waals surface area contributed by atoms with E-state index in [1.807, 2.05) is 0 Å². The van der Waals surface area contributed by atoms with Gasteiger partial charge in [0.05, 0.1) is 17.2 Å². The summed E-state index contributed by atoms with van der Waals surface area (Å²) in [5, 5.41) is 9.87. The molecule has 1 saturated heterocycles. The number of carboxylic acid groups (broad SMARTS) is 1. The van der Waals surface area contributed by atoms with Gasteiger partial charge in [-0.25, -0.2) is 17.6 Å². The average molecular weight is 489 g/mol. The van der Waals surface area contributed by atoms with Gasteiger partial charge < -0.3 is 14.7 Å². The first kappa shape index (κ1) is 23.1. The first-order valence-corrected chi connectivity index (χ1v) is 13.3. The van der Waals surface area contributed by atoms with Gasteiger partial charge in [0.1, 0.15) is 17.1 Å². The van der Waals surface area contributed by atoms with Crippen LogP contribution in [0.3, 0.4) is 0 Å². The van der Waals surface area contributed by atoms with Crippen LogP contribution in [0.25, 0.3) is 0 Å². The molecule has 7 nitrogen and oxygen atoms in total. The zero-order valence-electron chi connectivity index (χ0n) is 19.1. The van der Waals surface area contributed by atoms with Crippen LogP contribution in [0.15, 0.2) is 35.2 Å². The summed E-state index contributed by atoms with van der Waals surface area (Å²) in [4.78, 5) is 14.4.